The maximum Gasteiger partial charge on any atom is 0.0138 e. The fraction of sp³-hybridized carbons (Fsp3) is 1.00. The Morgan fingerprint density at radius 2 is 1.59 bits per heavy atom. The molecule has 2 N–H and O–H groups in total. The minimum atomic E-state index is 0.489. The molecule has 29 heavy (non-hydrogen) atoms. The fourth-order valence-corrected chi connectivity index (χ4v) is 11.0. The van der Waals surface area contributed by atoms with Crippen LogP contribution in [0, 0.1) is 52.3 Å². The second-order valence-electron chi connectivity index (χ2n) is 13.4. The van der Waals surface area contributed by atoms with Gasteiger partial charge in [0.15, 0.2) is 0 Å². The zero-order valence-corrected chi connectivity index (χ0v) is 19.6. The lowest BCUT2D eigenvalue weighted by Gasteiger charge is -2.61. The van der Waals surface area contributed by atoms with Crippen molar-refractivity contribution < 1.29 is 0 Å². The van der Waals surface area contributed by atoms with E-state index in [-0.39, 0.29) is 0 Å². The standard InChI is InChI=1S/C27H46N2/c1-16-5-8-23-17(2)25-24(29(23)15-16)14-22-20-7-6-18-13-19(28)9-11-26(18,3)21(20)10-12-27(22,25)4/h16-25H,5-15,28H2,1-4H3/t16-,17+,18+,19-,20+,21-,22-,23+,24-,25-,26-,27-/m0/s1. The van der Waals surface area contributed by atoms with Crippen LogP contribution in [0.2, 0.25) is 0 Å². The van der Waals surface area contributed by atoms with Crippen LogP contribution < -0.4 is 5.73 Å². The number of hydrogen-bond acceptors (Lipinski definition) is 2. The molecule has 0 aromatic heterocycles. The van der Waals surface area contributed by atoms with Gasteiger partial charge in [0.1, 0.15) is 0 Å². The Labute approximate surface area is 179 Å². The van der Waals surface area contributed by atoms with Crippen LogP contribution in [0.3, 0.4) is 0 Å². The predicted molar refractivity (Wildman–Crippen MR) is 120 cm³/mol. The zero-order chi connectivity index (χ0) is 20.1. The van der Waals surface area contributed by atoms with Gasteiger partial charge in [0.25, 0.3) is 0 Å². The third-order valence-electron chi connectivity index (χ3n) is 12.3. The Morgan fingerprint density at radius 1 is 0.793 bits per heavy atom. The van der Waals surface area contributed by atoms with E-state index in [0.29, 0.717) is 16.9 Å². The van der Waals surface area contributed by atoms with Crippen molar-refractivity contribution in [2.24, 2.45) is 58.0 Å². The highest BCUT2D eigenvalue weighted by Gasteiger charge is 2.66. The summed E-state index contributed by atoms with van der Waals surface area (Å²) in [5.74, 6) is 6.77. The summed E-state index contributed by atoms with van der Waals surface area (Å²) in [5, 5.41) is 0. The summed E-state index contributed by atoms with van der Waals surface area (Å²) in [6.45, 7) is 12.0. The first-order valence-corrected chi connectivity index (χ1v) is 13.3. The Hall–Kier alpha value is -0.0800. The molecule has 0 aromatic carbocycles. The number of nitrogens with two attached hydrogens (primary N) is 1. The van der Waals surface area contributed by atoms with Crippen molar-refractivity contribution in [1.82, 2.24) is 4.90 Å². The Balaban J connectivity index is 1.30. The number of nitrogens with zero attached hydrogens (tertiary/aromatic N) is 1. The summed E-state index contributed by atoms with van der Waals surface area (Å²) in [6, 6.07) is 2.31. The van der Waals surface area contributed by atoms with Crippen LogP contribution in [-0.2, 0) is 0 Å². The van der Waals surface area contributed by atoms with E-state index in [1.165, 1.54) is 70.8 Å². The first-order chi connectivity index (χ1) is 13.8. The van der Waals surface area contributed by atoms with Gasteiger partial charge in [-0.05, 0) is 116 Å². The minimum absolute atomic E-state index is 0.489. The summed E-state index contributed by atoms with van der Waals surface area (Å²) in [7, 11) is 0. The Morgan fingerprint density at radius 3 is 2.41 bits per heavy atom. The van der Waals surface area contributed by atoms with Crippen molar-refractivity contribution in [3.63, 3.8) is 0 Å². The molecule has 0 bridgehead atoms. The van der Waals surface area contributed by atoms with Crippen molar-refractivity contribution in [3.05, 3.63) is 0 Å². The summed E-state index contributed by atoms with van der Waals surface area (Å²) >= 11 is 0. The van der Waals surface area contributed by atoms with Gasteiger partial charge in [-0.25, -0.2) is 0 Å². The molecule has 2 heteroatoms. The molecule has 0 radical (unpaired) electrons. The van der Waals surface area contributed by atoms with Gasteiger partial charge in [0.05, 0.1) is 0 Å². The third-order valence-corrected chi connectivity index (χ3v) is 12.3. The van der Waals surface area contributed by atoms with Crippen LogP contribution in [0.5, 0.6) is 0 Å². The highest BCUT2D eigenvalue weighted by molar-refractivity contribution is 5.17. The molecule has 4 saturated carbocycles. The lowest BCUT2D eigenvalue weighted by molar-refractivity contribution is -0.116. The van der Waals surface area contributed by atoms with Crippen molar-refractivity contribution in [2.75, 3.05) is 6.54 Å². The zero-order valence-electron chi connectivity index (χ0n) is 19.6. The summed E-state index contributed by atoms with van der Waals surface area (Å²) < 4.78 is 0. The van der Waals surface area contributed by atoms with Gasteiger partial charge in [0, 0.05) is 24.7 Å². The highest BCUT2D eigenvalue weighted by Crippen LogP contribution is 2.70. The predicted octanol–water partition coefficient (Wildman–Crippen LogP) is 5.70. The van der Waals surface area contributed by atoms with E-state index < -0.39 is 0 Å². The van der Waals surface area contributed by atoms with Gasteiger partial charge in [-0.3, -0.25) is 4.90 Å². The molecular weight excluding hydrogens is 352 g/mol. The quantitative estimate of drug-likeness (QED) is 0.567. The minimum Gasteiger partial charge on any atom is -0.328 e. The molecule has 4 aliphatic carbocycles. The van der Waals surface area contributed by atoms with Crippen LogP contribution in [0.4, 0.5) is 0 Å². The molecule has 6 aliphatic rings. The molecule has 2 nitrogen and oxygen atoms in total. The molecule has 2 saturated heterocycles. The molecule has 0 aromatic rings. The molecule has 164 valence electrons. The van der Waals surface area contributed by atoms with Gasteiger partial charge in [0.2, 0.25) is 0 Å². The topological polar surface area (TPSA) is 29.3 Å². The monoisotopic (exact) mass is 398 g/mol. The van der Waals surface area contributed by atoms with E-state index in [2.05, 4.69) is 32.6 Å². The average Bonchev–Trinajstić information content (AvgIpc) is 3.15. The number of fused-ring (bicyclic) bond motifs is 9. The molecule has 0 unspecified atom stereocenters. The van der Waals surface area contributed by atoms with E-state index in [1.54, 1.807) is 0 Å². The van der Waals surface area contributed by atoms with Gasteiger partial charge in [-0.1, -0.05) is 27.7 Å². The molecule has 12 atom stereocenters. The van der Waals surface area contributed by atoms with E-state index >= 15 is 0 Å². The first kappa shape index (κ1) is 19.6. The summed E-state index contributed by atoms with van der Waals surface area (Å²) in [6.07, 6.45) is 14.5. The van der Waals surface area contributed by atoms with Gasteiger partial charge in [-0.15, -0.1) is 0 Å². The molecule has 6 rings (SSSR count). The normalized spacial score (nSPS) is 62.0. The second kappa shape index (κ2) is 6.47. The molecular formula is C27H46N2. The van der Waals surface area contributed by atoms with Crippen LogP contribution in [0.15, 0.2) is 0 Å². The Kier molecular flexibility index (Phi) is 4.37. The lowest BCUT2D eigenvalue weighted by Crippen LogP contribution is -2.55. The Bertz CT molecular complexity index is 661. The van der Waals surface area contributed by atoms with Crippen LogP contribution in [0.1, 0.15) is 91.9 Å². The smallest absolute Gasteiger partial charge is 0.0138 e. The maximum atomic E-state index is 6.42. The fourth-order valence-electron chi connectivity index (χ4n) is 11.0. The highest BCUT2D eigenvalue weighted by atomic mass is 15.2. The largest absolute Gasteiger partial charge is 0.328 e. The van der Waals surface area contributed by atoms with Crippen molar-refractivity contribution in [2.45, 2.75) is 110 Å². The maximum absolute atomic E-state index is 6.42. The van der Waals surface area contributed by atoms with Gasteiger partial charge in [-0.2, -0.15) is 0 Å². The van der Waals surface area contributed by atoms with Crippen molar-refractivity contribution >= 4 is 0 Å². The van der Waals surface area contributed by atoms with Crippen LogP contribution in [0.25, 0.3) is 0 Å². The molecule has 0 spiro atoms. The molecule has 6 fully saturated rings. The van der Waals surface area contributed by atoms with E-state index in [9.17, 15) is 0 Å². The van der Waals surface area contributed by atoms with Crippen LogP contribution in [-0.4, -0.2) is 29.6 Å². The number of hydrogen-bond donors (Lipinski definition) is 1. The molecule has 0 amide bonds. The van der Waals surface area contributed by atoms with E-state index in [4.69, 9.17) is 5.73 Å². The number of piperidine rings is 1. The van der Waals surface area contributed by atoms with E-state index in [0.717, 1.165) is 53.5 Å². The molecule has 2 aliphatic heterocycles. The third kappa shape index (κ3) is 2.54. The SMILES string of the molecule is C[C@H]1CC[C@@H]2[C@@H](C)[C@H]3[C@H](C[C@H]4[C@@H]5CC[C@@H]6C[C@@H](N)CC[C@]6(C)[C@H]5CC[C@]34C)N2C1. The van der Waals surface area contributed by atoms with Crippen molar-refractivity contribution in [1.29, 1.82) is 0 Å². The second-order valence-corrected chi connectivity index (χ2v) is 13.4. The van der Waals surface area contributed by atoms with Gasteiger partial charge < -0.3 is 5.73 Å². The lowest BCUT2D eigenvalue weighted by atomic mass is 9.44. The number of rotatable bonds is 0. The van der Waals surface area contributed by atoms with Crippen LogP contribution >= 0.6 is 0 Å². The summed E-state index contributed by atoms with van der Waals surface area (Å²) in [5.41, 5.74) is 7.65. The van der Waals surface area contributed by atoms with Gasteiger partial charge >= 0.3 is 0 Å². The first-order valence-electron chi connectivity index (χ1n) is 13.3. The molecule has 2 heterocycles. The van der Waals surface area contributed by atoms with Crippen molar-refractivity contribution in [3.8, 4) is 0 Å². The van der Waals surface area contributed by atoms with E-state index in [1.807, 2.05) is 0 Å². The summed E-state index contributed by atoms with van der Waals surface area (Å²) in [4.78, 5) is 3.05. The average molecular weight is 399 g/mol.